The standard InChI is InChI=1S/C15H21NO3/c16-12(10-15(17)18)9-11-5-7-14(8-6-11)19-13-3-1-2-4-13/h5-8,12-13H,1-4,9-10,16H2,(H,17,18)/t12-/m1/s1. The predicted octanol–water partition coefficient (Wildman–Crippen LogP) is 2.35. The van der Waals surface area contributed by atoms with E-state index in [0.717, 1.165) is 24.2 Å². The Morgan fingerprint density at radius 3 is 2.53 bits per heavy atom. The summed E-state index contributed by atoms with van der Waals surface area (Å²) in [7, 11) is 0. The summed E-state index contributed by atoms with van der Waals surface area (Å²) in [5.41, 5.74) is 6.81. The van der Waals surface area contributed by atoms with Crippen molar-refractivity contribution in [2.45, 2.75) is 50.7 Å². The minimum Gasteiger partial charge on any atom is -0.490 e. The van der Waals surface area contributed by atoms with Crippen LogP contribution in [0.5, 0.6) is 5.75 Å². The summed E-state index contributed by atoms with van der Waals surface area (Å²) in [5, 5.41) is 8.67. The zero-order valence-electron chi connectivity index (χ0n) is 11.0. The molecule has 0 radical (unpaired) electrons. The average molecular weight is 263 g/mol. The lowest BCUT2D eigenvalue weighted by Gasteiger charge is -2.14. The van der Waals surface area contributed by atoms with E-state index in [1.165, 1.54) is 12.8 Å². The minimum absolute atomic E-state index is 0.000323. The second kappa shape index (κ2) is 6.57. The predicted molar refractivity (Wildman–Crippen MR) is 73.3 cm³/mol. The summed E-state index contributed by atoms with van der Waals surface area (Å²) in [6.45, 7) is 0. The topological polar surface area (TPSA) is 72.6 Å². The summed E-state index contributed by atoms with van der Waals surface area (Å²) in [6, 6.07) is 7.49. The Balaban J connectivity index is 1.85. The molecule has 104 valence electrons. The van der Waals surface area contributed by atoms with Gasteiger partial charge in [-0.05, 0) is 49.8 Å². The van der Waals surface area contributed by atoms with E-state index in [4.69, 9.17) is 15.6 Å². The number of hydrogen-bond acceptors (Lipinski definition) is 3. The molecule has 2 rings (SSSR count). The highest BCUT2D eigenvalue weighted by atomic mass is 16.5. The van der Waals surface area contributed by atoms with Gasteiger partial charge in [-0.15, -0.1) is 0 Å². The molecule has 4 heteroatoms. The first kappa shape index (κ1) is 13.9. The van der Waals surface area contributed by atoms with Crippen LogP contribution in [0.2, 0.25) is 0 Å². The number of benzene rings is 1. The maximum absolute atomic E-state index is 10.5. The first-order valence-corrected chi connectivity index (χ1v) is 6.86. The summed E-state index contributed by atoms with van der Waals surface area (Å²) in [5.74, 6) is 0.0381. The van der Waals surface area contributed by atoms with Crippen molar-refractivity contribution >= 4 is 5.97 Å². The van der Waals surface area contributed by atoms with Gasteiger partial charge in [0.25, 0.3) is 0 Å². The number of ether oxygens (including phenoxy) is 1. The van der Waals surface area contributed by atoms with E-state index in [-0.39, 0.29) is 12.5 Å². The van der Waals surface area contributed by atoms with Crippen LogP contribution < -0.4 is 10.5 Å². The maximum Gasteiger partial charge on any atom is 0.304 e. The Kier molecular flexibility index (Phi) is 4.80. The molecular weight excluding hydrogens is 242 g/mol. The van der Waals surface area contributed by atoms with Crippen LogP contribution in [0, 0.1) is 0 Å². The number of rotatable bonds is 6. The second-order valence-corrected chi connectivity index (χ2v) is 5.23. The lowest BCUT2D eigenvalue weighted by Crippen LogP contribution is -2.26. The highest BCUT2D eigenvalue weighted by molar-refractivity contribution is 5.67. The third-order valence-corrected chi connectivity index (χ3v) is 3.46. The molecule has 1 aromatic rings. The highest BCUT2D eigenvalue weighted by Gasteiger charge is 2.16. The van der Waals surface area contributed by atoms with Crippen LogP contribution in [0.15, 0.2) is 24.3 Å². The first-order chi connectivity index (χ1) is 9.13. The maximum atomic E-state index is 10.5. The van der Waals surface area contributed by atoms with Crippen molar-refractivity contribution in [1.29, 1.82) is 0 Å². The van der Waals surface area contributed by atoms with Gasteiger partial charge >= 0.3 is 5.97 Å². The van der Waals surface area contributed by atoms with E-state index in [9.17, 15) is 4.79 Å². The average Bonchev–Trinajstić information content (AvgIpc) is 2.83. The number of nitrogens with two attached hydrogens (primary N) is 1. The molecular formula is C15H21NO3. The fraction of sp³-hybridized carbons (Fsp3) is 0.533. The van der Waals surface area contributed by atoms with Gasteiger partial charge in [-0.2, -0.15) is 0 Å². The smallest absolute Gasteiger partial charge is 0.304 e. The van der Waals surface area contributed by atoms with Crippen LogP contribution >= 0.6 is 0 Å². The van der Waals surface area contributed by atoms with Gasteiger partial charge in [0.15, 0.2) is 0 Å². The third-order valence-electron chi connectivity index (χ3n) is 3.46. The van der Waals surface area contributed by atoms with Gasteiger partial charge in [0.2, 0.25) is 0 Å². The molecule has 1 aromatic carbocycles. The first-order valence-electron chi connectivity index (χ1n) is 6.86. The van der Waals surface area contributed by atoms with Crippen molar-refractivity contribution in [2.24, 2.45) is 5.73 Å². The number of carbonyl (C=O) groups is 1. The van der Waals surface area contributed by atoms with Gasteiger partial charge in [-0.1, -0.05) is 12.1 Å². The molecule has 1 saturated carbocycles. The quantitative estimate of drug-likeness (QED) is 0.826. The van der Waals surface area contributed by atoms with Crippen molar-refractivity contribution in [3.05, 3.63) is 29.8 Å². The molecule has 0 saturated heterocycles. The van der Waals surface area contributed by atoms with Gasteiger partial charge < -0.3 is 15.6 Å². The SMILES string of the molecule is N[C@@H](CC(=O)O)Cc1ccc(OC2CCCC2)cc1. The van der Waals surface area contributed by atoms with Gasteiger partial charge in [0.1, 0.15) is 5.75 Å². The highest BCUT2D eigenvalue weighted by Crippen LogP contribution is 2.24. The minimum atomic E-state index is -0.853. The summed E-state index contributed by atoms with van der Waals surface area (Å²) >= 11 is 0. The molecule has 0 bridgehead atoms. The summed E-state index contributed by atoms with van der Waals surface area (Å²) in [6.07, 6.45) is 5.74. The van der Waals surface area contributed by atoms with E-state index in [0.29, 0.717) is 12.5 Å². The fourth-order valence-corrected chi connectivity index (χ4v) is 2.50. The van der Waals surface area contributed by atoms with Crippen LogP contribution in [0.1, 0.15) is 37.7 Å². The molecule has 19 heavy (non-hydrogen) atoms. The zero-order valence-corrected chi connectivity index (χ0v) is 11.0. The molecule has 1 fully saturated rings. The number of carboxylic acids is 1. The molecule has 4 nitrogen and oxygen atoms in total. The lowest BCUT2D eigenvalue weighted by atomic mass is 10.0. The van der Waals surface area contributed by atoms with Crippen LogP contribution in [-0.2, 0) is 11.2 Å². The monoisotopic (exact) mass is 263 g/mol. The van der Waals surface area contributed by atoms with Crippen LogP contribution in [0.4, 0.5) is 0 Å². The van der Waals surface area contributed by atoms with Crippen LogP contribution in [0.3, 0.4) is 0 Å². The van der Waals surface area contributed by atoms with E-state index < -0.39 is 5.97 Å². The Morgan fingerprint density at radius 2 is 1.95 bits per heavy atom. The fourth-order valence-electron chi connectivity index (χ4n) is 2.50. The molecule has 0 heterocycles. The van der Waals surface area contributed by atoms with Crippen molar-refractivity contribution in [3.8, 4) is 5.75 Å². The molecule has 0 aromatic heterocycles. The van der Waals surface area contributed by atoms with Crippen molar-refractivity contribution in [1.82, 2.24) is 0 Å². The van der Waals surface area contributed by atoms with Crippen molar-refractivity contribution in [3.63, 3.8) is 0 Å². The van der Waals surface area contributed by atoms with E-state index in [2.05, 4.69) is 0 Å². The normalized spacial score (nSPS) is 17.3. The van der Waals surface area contributed by atoms with E-state index in [1.54, 1.807) is 0 Å². The molecule has 1 aliphatic rings. The number of carboxylic acid groups (broad SMARTS) is 1. The van der Waals surface area contributed by atoms with E-state index >= 15 is 0 Å². The van der Waals surface area contributed by atoms with Crippen LogP contribution in [-0.4, -0.2) is 23.2 Å². The van der Waals surface area contributed by atoms with Gasteiger partial charge in [0.05, 0.1) is 12.5 Å². The van der Waals surface area contributed by atoms with Crippen molar-refractivity contribution < 1.29 is 14.6 Å². The number of aliphatic carboxylic acids is 1. The Hall–Kier alpha value is -1.55. The summed E-state index contributed by atoms with van der Waals surface area (Å²) in [4.78, 5) is 10.5. The van der Waals surface area contributed by atoms with E-state index in [1.807, 2.05) is 24.3 Å². The molecule has 0 unspecified atom stereocenters. The summed E-state index contributed by atoms with van der Waals surface area (Å²) < 4.78 is 5.87. The molecule has 0 amide bonds. The third kappa shape index (κ3) is 4.56. The van der Waals surface area contributed by atoms with Gasteiger partial charge in [-0.3, -0.25) is 4.79 Å². The molecule has 0 spiro atoms. The Labute approximate surface area is 113 Å². The molecule has 1 aliphatic carbocycles. The Morgan fingerprint density at radius 1 is 1.32 bits per heavy atom. The largest absolute Gasteiger partial charge is 0.490 e. The molecule has 3 N–H and O–H groups in total. The second-order valence-electron chi connectivity index (χ2n) is 5.23. The lowest BCUT2D eigenvalue weighted by molar-refractivity contribution is -0.137. The van der Waals surface area contributed by atoms with Gasteiger partial charge in [-0.25, -0.2) is 0 Å². The molecule has 1 atom stereocenters. The molecule has 0 aliphatic heterocycles. The number of hydrogen-bond donors (Lipinski definition) is 2. The van der Waals surface area contributed by atoms with Gasteiger partial charge in [0, 0.05) is 6.04 Å². The van der Waals surface area contributed by atoms with Crippen LogP contribution in [0.25, 0.3) is 0 Å². The van der Waals surface area contributed by atoms with Crippen molar-refractivity contribution in [2.75, 3.05) is 0 Å². The Bertz CT molecular complexity index is 410. The zero-order chi connectivity index (χ0) is 13.7.